The minimum atomic E-state index is -0.651. The Morgan fingerprint density at radius 3 is 2.91 bits per heavy atom. The summed E-state index contributed by atoms with van der Waals surface area (Å²) in [6.07, 6.45) is 2.78. The number of benzene rings is 1. The number of hydrazone groups is 1. The molecule has 8 nitrogen and oxygen atoms in total. The number of carbonyl (C=O) groups excluding carboxylic acids is 1. The lowest BCUT2D eigenvalue weighted by molar-refractivity contribution is -0.402. The minimum Gasteiger partial charge on any atom is -0.400 e. The maximum atomic E-state index is 12.0. The van der Waals surface area contributed by atoms with E-state index in [0.29, 0.717) is 5.56 Å². The number of nitrogens with zero attached hydrogens (tertiary/aromatic N) is 2. The molecule has 2 N–H and O–H groups in total. The van der Waals surface area contributed by atoms with Gasteiger partial charge in [0.15, 0.2) is 5.76 Å². The number of furan rings is 1. The van der Waals surface area contributed by atoms with Crippen molar-refractivity contribution < 1.29 is 14.1 Å². The van der Waals surface area contributed by atoms with Crippen LogP contribution in [0.1, 0.15) is 16.1 Å². The molecule has 1 aromatic carbocycles. The Morgan fingerprint density at radius 1 is 1.32 bits per heavy atom. The van der Waals surface area contributed by atoms with Crippen LogP contribution in [0.15, 0.2) is 52.1 Å². The van der Waals surface area contributed by atoms with Crippen LogP contribution in [0.4, 0.5) is 5.88 Å². The highest BCUT2D eigenvalue weighted by Gasteiger charge is 2.12. The highest BCUT2D eigenvalue weighted by atomic mass is 16.6. The Morgan fingerprint density at radius 2 is 2.14 bits per heavy atom. The van der Waals surface area contributed by atoms with Crippen molar-refractivity contribution in [2.75, 3.05) is 0 Å². The van der Waals surface area contributed by atoms with E-state index in [1.807, 2.05) is 24.3 Å². The molecule has 8 heteroatoms. The van der Waals surface area contributed by atoms with Gasteiger partial charge < -0.3 is 9.40 Å². The number of nitro groups is 1. The van der Waals surface area contributed by atoms with Crippen molar-refractivity contribution in [1.82, 2.24) is 10.4 Å². The van der Waals surface area contributed by atoms with Crippen LogP contribution in [-0.2, 0) is 0 Å². The van der Waals surface area contributed by atoms with Gasteiger partial charge in [0, 0.05) is 17.1 Å². The number of fused-ring (bicyclic) bond motifs is 1. The van der Waals surface area contributed by atoms with Gasteiger partial charge in [-0.2, -0.15) is 5.10 Å². The van der Waals surface area contributed by atoms with E-state index in [0.717, 1.165) is 10.9 Å². The van der Waals surface area contributed by atoms with E-state index in [1.54, 1.807) is 6.20 Å². The molecule has 22 heavy (non-hydrogen) atoms. The number of nitrogens with one attached hydrogen (secondary N) is 2. The maximum absolute atomic E-state index is 12.0. The summed E-state index contributed by atoms with van der Waals surface area (Å²) in [5, 5.41) is 15.0. The maximum Gasteiger partial charge on any atom is 0.433 e. The molecule has 0 radical (unpaired) electrons. The average molecular weight is 298 g/mol. The van der Waals surface area contributed by atoms with Crippen LogP contribution in [0, 0.1) is 10.1 Å². The van der Waals surface area contributed by atoms with Crippen LogP contribution >= 0.6 is 0 Å². The van der Waals surface area contributed by atoms with E-state index in [4.69, 9.17) is 4.42 Å². The zero-order valence-corrected chi connectivity index (χ0v) is 11.1. The lowest BCUT2D eigenvalue weighted by Crippen LogP contribution is -2.17. The number of carbonyl (C=O) groups is 1. The SMILES string of the molecule is O=C(N/N=C\c1ccc([N+](=O)[O-])o1)c1c[nH]c2ccccc12. The van der Waals surface area contributed by atoms with Crippen LogP contribution in [-0.4, -0.2) is 22.0 Å². The van der Waals surface area contributed by atoms with E-state index in [-0.39, 0.29) is 11.6 Å². The lowest BCUT2D eigenvalue weighted by atomic mass is 10.2. The zero-order valence-electron chi connectivity index (χ0n) is 11.1. The Labute approximate surface area is 123 Å². The van der Waals surface area contributed by atoms with Gasteiger partial charge in [-0.1, -0.05) is 18.2 Å². The van der Waals surface area contributed by atoms with Gasteiger partial charge >= 0.3 is 5.88 Å². The molecule has 0 bridgehead atoms. The fraction of sp³-hybridized carbons (Fsp3) is 0. The van der Waals surface area contributed by atoms with Gasteiger partial charge in [-0.25, -0.2) is 5.43 Å². The van der Waals surface area contributed by atoms with Gasteiger partial charge in [-0.15, -0.1) is 0 Å². The van der Waals surface area contributed by atoms with Gasteiger partial charge in [-0.05, 0) is 12.1 Å². The van der Waals surface area contributed by atoms with Gasteiger partial charge in [0.25, 0.3) is 5.91 Å². The van der Waals surface area contributed by atoms with Crippen molar-refractivity contribution in [2.45, 2.75) is 0 Å². The first-order valence-electron chi connectivity index (χ1n) is 6.29. The van der Waals surface area contributed by atoms with Crippen molar-refractivity contribution in [3.63, 3.8) is 0 Å². The second-order valence-corrected chi connectivity index (χ2v) is 4.38. The number of aromatic amines is 1. The molecule has 0 aliphatic heterocycles. The molecule has 110 valence electrons. The molecule has 0 saturated heterocycles. The van der Waals surface area contributed by atoms with Crippen molar-refractivity contribution in [3.05, 3.63) is 64.0 Å². The predicted octanol–water partition coefficient (Wildman–Crippen LogP) is 2.43. The summed E-state index contributed by atoms with van der Waals surface area (Å²) in [4.78, 5) is 24.8. The number of aromatic nitrogens is 1. The summed E-state index contributed by atoms with van der Waals surface area (Å²) < 4.78 is 4.88. The lowest BCUT2D eigenvalue weighted by Gasteiger charge is -1.97. The molecule has 0 spiro atoms. The normalized spacial score (nSPS) is 11.1. The van der Waals surface area contributed by atoms with Gasteiger partial charge in [-0.3, -0.25) is 14.9 Å². The summed E-state index contributed by atoms with van der Waals surface area (Å²) in [6, 6.07) is 9.97. The molecule has 0 saturated carbocycles. The van der Waals surface area contributed by atoms with Gasteiger partial charge in [0.2, 0.25) is 0 Å². The van der Waals surface area contributed by atoms with E-state index in [2.05, 4.69) is 15.5 Å². The standard InChI is InChI=1S/C14H10N4O4/c19-14(11-8-15-12-4-2-1-3-10(11)12)17-16-7-9-5-6-13(22-9)18(20)21/h1-8,15H,(H,17,19)/b16-7-. The first kappa shape index (κ1) is 13.6. The van der Waals surface area contributed by atoms with Gasteiger partial charge in [0.05, 0.1) is 17.8 Å². The van der Waals surface area contributed by atoms with Crippen LogP contribution in [0.25, 0.3) is 10.9 Å². The second-order valence-electron chi connectivity index (χ2n) is 4.38. The fourth-order valence-corrected chi connectivity index (χ4v) is 1.98. The summed E-state index contributed by atoms with van der Waals surface area (Å²) >= 11 is 0. The predicted molar refractivity (Wildman–Crippen MR) is 78.7 cm³/mol. The van der Waals surface area contributed by atoms with E-state index in [9.17, 15) is 14.9 Å². The Hall–Kier alpha value is -3.42. The summed E-state index contributed by atoms with van der Waals surface area (Å²) in [5.41, 5.74) is 3.65. The van der Waals surface area contributed by atoms with E-state index >= 15 is 0 Å². The van der Waals surface area contributed by atoms with Crippen LogP contribution in [0.5, 0.6) is 0 Å². The van der Waals surface area contributed by atoms with Crippen LogP contribution in [0.2, 0.25) is 0 Å². The third kappa shape index (κ3) is 2.57. The Kier molecular flexibility index (Phi) is 3.40. The third-order valence-corrected chi connectivity index (χ3v) is 2.98. The first-order valence-corrected chi connectivity index (χ1v) is 6.29. The molecule has 0 atom stereocenters. The molecule has 2 heterocycles. The van der Waals surface area contributed by atoms with Crippen LogP contribution in [0.3, 0.4) is 0 Å². The van der Waals surface area contributed by atoms with Crippen molar-refractivity contribution >= 4 is 28.9 Å². The molecule has 3 aromatic rings. The molecular weight excluding hydrogens is 288 g/mol. The number of H-pyrrole nitrogens is 1. The number of rotatable bonds is 4. The third-order valence-electron chi connectivity index (χ3n) is 2.98. The van der Waals surface area contributed by atoms with Crippen LogP contribution < -0.4 is 5.43 Å². The fourth-order valence-electron chi connectivity index (χ4n) is 1.98. The van der Waals surface area contributed by atoms with Crippen molar-refractivity contribution in [1.29, 1.82) is 0 Å². The molecule has 0 fully saturated rings. The summed E-state index contributed by atoms with van der Waals surface area (Å²) in [7, 11) is 0. The highest BCUT2D eigenvalue weighted by molar-refractivity contribution is 6.06. The molecular formula is C14H10N4O4. The van der Waals surface area contributed by atoms with E-state index < -0.39 is 10.8 Å². The van der Waals surface area contributed by atoms with Crippen molar-refractivity contribution in [2.24, 2.45) is 5.10 Å². The number of amides is 1. The molecule has 1 amide bonds. The topological polar surface area (TPSA) is 114 Å². The number of hydrogen-bond acceptors (Lipinski definition) is 5. The molecule has 0 aliphatic rings. The quantitative estimate of drug-likeness (QED) is 0.437. The highest BCUT2D eigenvalue weighted by Crippen LogP contribution is 2.17. The minimum absolute atomic E-state index is 0.172. The first-order chi connectivity index (χ1) is 10.6. The van der Waals surface area contributed by atoms with E-state index in [1.165, 1.54) is 18.3 Å². The van der Waals surface area contributed by atoms with Gasteiger partial charge in [0.1, 0.15) is 4.92 Å². The summed E-state index contributed by atoms with van der Waals surface area (Å²) in [5.74, 6) is -0.606. The monoisotopic (exact) mass is 298 g/mol. The molecule has 2 aromatic heterocycles. The smallest absolute Gasteiger partial charge is 0.400 e. The van der Waals surface area contributed by atoms with Crippen molar-refractivity contribution in [3.8, 4) is 0 Å². The number of para-hydroxylation sites is 1. The molecule has 0 aliphatic carbocycles. The molecule has 3 rings (SSSR count). The average Bonchev–Trinajstić information content (AvgIpc) is 3.13. The Balaban J connectivity index is 1.71. The summed E-state index contributed by atoms with van der Waals surface area (Å²) in [6.45, 7) is 0. The zero-order chi connectivity index (χ0) is 15.5. The number of hydrogen-bond donors (Lipinski definition) is 2. The molecule has 0 unspecified atom stereocenters. The Bertz CT molecular complexity index is 878. The largest absolute Gasteiger partial charge is 0.433 e. The second kappa shape index (κ2) is 5.52.